The minimum atomic E-state index is -0.218. The molecule has 2 aliphatic heterocycles. The third-order valence-corrected chi connectivity index (χ3v) is 6.68. The maximum Gasteiger partial charge on any atom is 0.261 e. The first-order valence-electron chi connectivity index (χ1n) is 9.28. The van der Waals surface area contributed by atoms with E-state index >= 15 is 0 Å². The molecule has 3 heterocycles. The molecule has 0 unspecified atom stereocenters. The lowest BCUT2D eigenvalue weighted by Crippen LogP contribution is -2.37. The first-order chi connectivity index (χ1) is 13.5. The molecule has 1 atom stereocenters. The molecule has 2 aliphatic rings. The van der Waals surface area contributed by atoms with Crippen molar-refractivity contribution in [3.05, 3.63) is 45.1 Å². The van der Waals surface area contributed by atoms with Crippen LogP contribution in [0.3, 0.4) is 0 Å². The number of halogens is 1. The summed E-state index contributed by atoms with van der Waals surface area (Å²) < 4.78 is 0.897. The van der Waals surface area contributed by atoms with Crippen molar-refractivity contribution in [3.63, 3.8) is 0 Å². The Hall–Kier alpha value is -2.19. The topological polar surface area (TPSA) is 69.7 Å². The van der Waals surface area contributed by atoms with Crippen molar-refractivity contribution in [1.29, 1.82) is 0 Å². The van der Waals surface area contributed by atoms with Gasteiger partial charge in [0.1, 0.15) is 0 Å². The number of nitrogens with one attached hydrogen (secondary N) is 1. The Bertz CT molecular complexity index is 912. The Morgan fingerprint density at radius 3 is 2.36 bits per heavy atom. The lowest BCUT2D eigenvalue weighted by atomic mass is 10.1. The highest BCUT2D eigenvalue weighted by Gasteiger charge is 2.32. The number of piperidine rings is 1. The summed E-state index contributed by atoms with van der Waals surface area (Å²) in [4.78, 5) is 41.0. The number of anilines is 2. The zero-order chi connectivity index (χ0) is 19.7. The van der Waals surface area contributed by atoms with Crippen molar-refractivity contribution in [3.8, 4) is 0 Å². The van der Waals surface area contributed by atoms with Gasteiger partial charge < -0.3 is 15.1 Å². The van der Waals surface area contributed by atoms with E-state index in [-0.39, 0.29) is 30.2 Å². The van der Waals surface area contributed by atoms with Crippen molar-refractivity contribution < 1.29 is 14.4 Å². The molecule has 4 rings (SSSR count). The number of carbonyl (C=O) groups is 3. The van der Waals surface area contributed by atoms with Gasteiger partial charge in [-0.25, -0.2) is 0 Å². The molecular formula is C20H20BrN3O3S. The Morgan fingerprint density at radius 1 is 1.00 bits per heavy atom. The predicted molar refractivity (Wildman–Crippen MR) is 113 cm³/mol. The van der Waals surface area contributed by atoms with Crippen LogP contribution in [-0.4, -0.2) is 36.9 Å². The van der Waals surface area contributed by atoms with Crippen LogP contribution < -0.4 is 15.1 Å². The number of hydrogen-bond acceptors (Lipinski definition) is 4. The van der Waals surface area contributed by atoms with Gasteiger partial charge in [0.2, 0.25) is 11.8 Å². The van der Waals surface area contributed by atoms with Gasteiger partial charge in [0.05, 0.1) is 14.7 Å². The zero-order valence-corrected chi connectivity index (χ0v) is 17.6. The van der Waals surface area contributed by atoms with Gasteiger partial charge in [-0.15, -0.1) is 11.3 Å². The molecule has 2 fully saturated rings. The molecule has 2 saturated heterocycles. The SMILES string of the molecule is O=C(N[C@@H]1CC(=O)N(c2ccc(N3CCCCC3=O)cc2)C1)c1ccc(Br)s1. The highest BCUT2D eigenvalue weighted by atomic mass is 79.9. The van der Waals surface area contributed by atoms with Crippen LogP contribution in [0.15, 0.2) is 40.2 Å². The Labute approximate surface area is 175 Å². The van der Waals surface area contributed by atoms with Crippen molar-refractivity contribution in [2.75, 3.05) is 22.9 Å². The van der Waals surface area contributed by atoms with Crippen LogP contribution in [0.25, 0.3) is 0 Å². The molecule has 2 aromatic rings. The van der Waals surface area contributed by atoms with Crippen LogP contribution in [0.2, 0.25) is 0 Å². The second-order valence-electron chi connectivity index (χ2n) is 7.00. The normalized spacial score (nSPS) is 20.0. The Morgan fingerprint density at radius 2 is 1.71 bits per heavy atom. The van der Waals surface area contributed by atoms with E-state index in [1.807, 2.05) is 30.3 Å². The molecule has 3 amide bonds. The number of benzene rings is 1. The fraction of sp³-hybridized carbons (Fsp3) is 0.350. The van der Waals surface area contributed by atoms with Crippen LogP contribution in [0.4, 0.5) is 11.4 Å². The second-order valence-corrected chi connectivity index (χ2v) is 9.46. The average Bonchev–Trinajstić information content (AvgIpc) is 3.28. The van der Waals surface area contributed by atoms with E-state index in [0.717, 1.165) is 34.5 Å². The summed E-state index contributed by atoms with van der Waals surface area (Å²) in [7, 11) is 0. The smallest absolute Gasteiger partial charge is 0.261 e. The van der Waals surface area contributed by atoms with Crippen LogP contribution in [0.1, 0.15) is 35.4 Å². The maximum absolute atomic E-state index is 12.5. The lowest BCUT2D eigenvalue weighted by Gasteiger charge is -2.27. The minimum Gasteiger partial charge on any atom is -0.346 e. The number of hydrogen-bond donors (Lipinski definition) is 1. The van der Waals surface area contributed by atoms with Gasteiger partial charge in [0, 0.05) is 37.3 Å². The van der Waals surface area contributed by atoms with Gasteiger partial charge in [-0.2, -0.15) is 0 Å². The molecule has 0 bridgehead atoms. The number of rotatable bonds is 4. The van der Waals surface area contributed by atoms with Crippen LogP contribution in [0.5, 0.6) is 0 Å². The van der Waals surface area contributed by atoms with Crippen molar-refractivity contribution in [2.45, 2.75) is 31.7 Å². The Kier molecular flexibility index (Phi) is 5.50. The summed E-state index contributed by atoms with van der Waals surface area (Å²) in [6.07, 6.45) is 2.84. The molecule has 0 spiro atoms. The number of amides is 3. The minimum absolute atomic E-state index is 0.0144. The highest BCUT2D eigenvalue weighted by Crippen LogP contribution is 2.27. The summed E-state index contributed by atoms with van der Waals surface area (Å²) in [5, 5.41) is 2.94. The lowest BCUT2D eigenvalue weighted by molar-refractivity contribution is -0.119. The number of carbonyl (C=O) groups excluding carboxylic acids is 3. The van der Waals surface area contributed by atoms with Crippen molar-refractivity contribution in [1.82, 2.24) is 5.32 Å². The maximum atomic E-state index is 12.5. The molecule has 1 aromatic carbocycles. The van der Waals surface area contributed by atoms with Gasteiger partial charge >= 0.3 is 0 Å². The molecular weight excluding hydrogens is 442 g/mol. The average molecular weight is 462 g/mol. The molecule has 0 saturated carbocycles. The zero-order valence-electron chi connectivity index (χ0n) is 15.2. The van der Waals surface area contributed by atoms with E-state index < -0.39 is 0 Å². The van der Waals surface area contributed by atoms with E-state index in [0.29, 0.717) is 17.8 Å². The van der Waals surface area contributed by atoms with E-state index in [2.05, 4.69) is 21.2 Å². The van der Waals surface area contributed by atoms with E-state index in [4.69, 9.17) is 0 Å². The van der Waals surface area contributed by atoms with Gasteiger partial charge in [-0.1, -0.05) is 0 Å². The van der Waals surface area contributed by atoms with Gasteiger partial charge in [-0.3, -0.25) is 14.4 Å². The number of thiophene rings is 1. The first-order valence-corrected chi connectivity index (χ1v) is 10.9. The standard InChI is InChI=1S/C20H20BrN3O3S/c21-17-9-8-16(28-17)20(27)22-13-11-19(26)24(12-13)15-6-4-14(5-7-15)23-10-2-1-3-18(23)25/h4-9,13H,1-3,10-12H2,(H,22,27)/t13-/m1/s1. The molecule has 1 aromatic heterocycles. The van der Waals surface area contributed by atoms with Gasteiger partial charge in [-0.05, 0) is 65.2 Å². The predicted octanol–water partition coefficient (Wildman–Crippen LogP) is 3.56. The number of nitrogens with zero attached hydrogens (tertiary/aromatic N) is 2. The summed E-state index contributed by atoms with van der Waals surface area (Å²) in [6, 6.07) is 10.9. The van der Waals surface area contributed by atoms with E-state index in [1.165, 1.54) is 11.3 Å². The fourth-order valence-electron chi connectivity index (χ4n) is 3.64. The summed E-state index contributed by atoms with van der Waals surface area (Å²) in [6.45, 7) is 1.19. The molecule has 28 heavy (non-hydrogen) atoms. The summed E-state index contributed by atoms with van der Waals surface area (Å²) in [5.41, 5.74) is 1.65. The fourth-order valence-corrected chi connectivity index (χ4v) is 4.93. The third-order valence-electron chi connectivity index (χ3n) is 5.05. The summed E-state index contributed by atoms with van der Waals surface area (Å²) in [5.74, 6) is -0.0204. The summed E-state index contributed by atoms with van der Waals surface area (Å²) >= 11 is 4.72. The molecule has 146 valence electrons. The van der Waals surface area contributed by atoms with Gasteiger partial charge in [0.15, 0.2) is 0 Å². The molecule has 6 nitrogen and oxygen atoms in total. The first kappa shape index (κ1) is 19.1. The molecule has 1 N–H and O–H groups in total. The monoisotopic (exact) mass is 461 g/mol. The molecule has 0 aliphatic carbocycles. The van der Waals surface area contributed by atoms with E-state index in [9.17, 15) is 14.4 Å². The molecule has 8 heteroatoms. The Balaban J connectivity index is 1.41. The second kappa shape index (κ2) is 8.05. The molecule has 0 radical (unpaired) electrons. The van der Waals surface area contributed by atoms with Crippen LogP contribution in [-0.2, 0) is 9.59 Å². The largest absolute Gasteiger partial charge is 0.346 e. The highest BCUT2D eigenvalue weighted by molar-refractivity contribution is 9.11. The van der Waals surface area contributed by atoms with Gasteiger partial charge in [0.25, 0.3) is 5.91 Å². The quantitative estimate of drug-likeness (QED) is 0.756. The van der Waals surface area contributed by atoms with Crippen molar-refractivity contribution >= 4 is 56.4 Å². The van der Waals surface area contributed by atoms with Crippen molar-refractivity contribution in [2.24, 2.45) is 0 Å². The van der Waals surface area contributed by atoms with Crippen LogP contribution >= 0.6 is 27.3 Å². The third kappa shape index (κ3) is 3.98. The van der Waals surface area contributed by atoms with Crippen LogP contribution in [0, 0.1) is 0 Å². The van der Waals surface area contributed by atoms with E-state index in [1.54, 1.807) is 15.9 Å².